The number of piperidine rings is 1. The number of nitrogens with zero attached hydrogens (tertiary/aromatic N) is 1. The van der Waals surface area contributed by atoms with Gasteiger partial charge in [0, 0.05) is 18.2 Å². The summed E-state index contributed by atoms with van der Waals surface area (Å²) in [6.45, 7) is 2.23. The molecule has 0 unspecified atom stereocenters. The van der Waals surface area contributed by atoms with Gasteiger partial charge in [-0.1, -0.05) is 54.1 Å². The summed E-state index contributed by atoms with van der Waals surface area (Å²) in [6.07, 6.45) is 2.06. The molecule has 1 amide bonds. The summed E-state index contributed by atoms with van der Waals surface area (Å²) in [4.78, 5) is 14.8. The smallest absolute Gasteiger partial charge is 0.234 e. The Kier molecular flexibility index (Phi) is 6.67. The second-order valence-electron chi connectivity index (χ2n) is 6.89. The monoisotopic (exact) mass is 372 g/mol. The molecule has 2 aromatic carbocycles. The van der Waals surface area contributed by atoms with Crippen molar-refractivity contribution in [1.82, 2.24) is 10.2 Å². The van der Waals surface area contributed by atoms with Gasteiger partial charge in [0.15, 0.2) is 0 Å². The third-order valence-corrected chi connectivity index (χ3v) is 5.12. The van der Waals surface area contributed by atoms with Crippen LogP contribution in [-0.4, -0.2) is 42.2 Å². The van der Waals surface area contributed by atoms with E-state index in [1.165, 1.54) is 0 Å². The standard InChI is InChI=1S/C21H25ClN2O2/c22-19-10-8-18(9-11-19)21(17-6-2-1-3-7-17)23-20(26)14-24-12-4-5-16(13-24)15-25/h1-3,6-11,16,21,25H,4-5,12-15H2,(H,23,26)/t16-,21-/m0/s1. The molecule has 1 saturated heterocycles. The summed E-state index contributed by atoms with van der Waals surface area (Å²) in [5, 5.41) is 13.2. The van der Waals surface area contributed by atoms with Gasteiger partial charge < -0.3 is 10.4 Å². The van der Waals surface area contributed by atoms with Crippen LogP contribution in [0.25, 0.3) is 0 Å². The maximum Gasteiger partial charge on any atom is 0.234 e. The lowest BCUT2D eigenvalue weighted by atomic mass is 9.98. The Balaban J connectivity index is 1.71. The number of carbonyl (C=O) groups excluding carboxylic acids is 1. The minimum atomic E-state index is -0.209. The van der Waals surface area contributed by atoms with Gasteiger partial charge in [-0.3, -0.25) is 9.69 Å². The number of rotatable bonds is 6. The van der Waals surface area contributed by atoms with E-state index in [2.05, 4.69) is 10.2 Å². The first-order chi connectivity index (χ1) is 12.7. The maximum absolute atomic E-state index is 12.7. The van der Waals surface area contributed by atoms with Crippen LogP contribution in [0.3, 0.4) is 0 Å². The van der Waals surface area contributed by atoms with Crippen LogP contribution in [0.2, 0.25) is 5.02 Å². The third kappa shape index (κ3) is 5.07. The van der Waals surface area contributed by atoms with E-state index in [0.29, 0.717) is 11.6 Å². The van der Waals surface area contributed by atoms with Crippen molar-refractivity contribution in [2.45, 2.75) is 18.9 Å². The molecule has 2 aromatic rings. The predicted octanol–water partition coefficient (Wildman–Crippen LogP) is 3.25. The molecule has 4 nitrogen and oxygen atoms in total. The van der Waals surface area contributed by atoms with Gasteiger partial charge in [0.05, 0.1) is 12.6 Å². The van der Waals surface area contributed by atoms with Crippen molar-refractivity contribution in [1.29, 1.82) is 0 Å². The largest absolute Gasteiger partial charge is 0.396 e. The van der Waals surface area contributed by atoms with Crippen molar-refractivity contribution in [2.75, 3.05) is 26.2 Å². The van der Waals surface area contributed by atoms with Gasteiger partial charge in [-0.2, -0.15) is 0 Å². The Labute approximate surface area is 159 Å². The first-order valence-corrected chi connectivity index (χ1v) is 9.46. The highest BCUT2D eigenvalue weighted by atomic mass is 35.5. The lowest BCUT2D eigenvalue weighted by Gasteiger charge is -2.31. The predicted molar refractivity (Wildman–Crippen MR) is 104 cm³/mol. The number of amides is 1. The van der Waals surface area contributed by atoms with Crippen LogP contribution in [0, 0.1) is 5.92 Å². The number of likely N-dealkylation sites (tertiary alicyclic amines) is 1. The molecule has 0 aromatic heterocycles. The SMILES string of the molecule is O=C(CN1CCC[C@H](CO)C1)N[C@@H](c1ccccc1)c1ccc(Cl)cc1. The molecule has 0 saturated carbocycles. The summed E-state index contributed by atoms with van der Waals surface area (Å²) in [5.74, 6) is 0.269. The third-order valence-electron chi connectivity index (χ3n) is 4.87. The van der Waals surface area contributed by atoms with E-state index in [1.807, 2.05) is 54.6 Å². The number of hydrogen-bond donors (Lipinski definition) is 2. The molecule has 0 radical (unpaired) electrons. The second kappa shape index (κ2) is 9.17. The molecule has 1 aliphatic heterocycles. The van der Waals surface area contributed by atoms with Crippen molar-refractivity contribution in [3.8, 4) is 0 Å². The van der Waals surface area contributed by atoms with Crippen molar-refractivity contribution >= 4 is 17.5 Å². The van der Waals surface area contributed by atoms with Crippen LogP contribution in [-0.2, 0) is 4.79 Å². The van der Waals surface area contributed by atoms with E-state index >= 15 is 0 Å². The van der Waals surface area contributed by atoms with Crippen molar-refractivity contribution in [2.24, 2.45) is 5.92 Å². The number of hydrogen-bond acceptors (Lipinski definition) is 3. The van der Waals surface area contributed by atoms with Gasteiger partial charge in [0.25, 0.3) is 0 Å². The zero-order valence-electron chi connectivity index (χ0n) is 14.8. The van der Waals surface area contributed by atoms with E-state index in [-0.39, 0.29) is 24.5 Å². The van der Waals surface area contributed by atoms with E-state index in [1.54, 1.807) is 0 Å². The Hall–Kier alpha value is -1.88. The zero-order chi connectivity index (χ0) is 18.4. The summed E-state index contributed by atoms with van der Waals surface area (Å²) in [7, 11) is 0. The fourth-order valence-corrected chi connectivity index (χ4v) is 3.64. The maximum atomic E-state index is 12.7. The number of aliphatic hydroxyl groups excluding tert-OH is 1. The average Bonchev–Trinajstić information content (AvgIpc) is 2.68. The number of benzene rings is 2. The molecule has 0 spiro atoms. The molecular weight excluding hydrogens is 348 g/mol. The van der Waals surface area contributed by atoms with Crippen molar-refractivity contribution in [3.05, 3.63) is 70.7 Å². The van der Waals surface area contributed by atoms with Gasteiger partial charge in [0.1, 0.15) is 0 Å². The molecule has 1 aliphatic rings. The topological polar surface area (TPSA) is 52.6 Å². The first-order valence-electron chi connectivity index (χ1n) is 9.08. The molecule has 3 rings (SSSR count). The summed E-state index contributed by atoms with van der Waals surface area (Å²) >= 11 is 6.01. The molecule has 0 bridgehead atoms. The molecule has 2 atom stereocenters. The number of nitrogens with one attached hydrogen (secondary N) is 1. The normalized spacial score (nSPS) is 19.1. The van der Waals surface area contributed by atoms with Crippen LogP contribution in [0.1, 0.15) is 30.0 Å². The highest BCUT2D eigenvalue weighted by Gasteiger charge is 2.23. The molecule has 2 N–H and O–H groups in total. The zero-order valence-corrected chi connectivity index (χ0v) is 15.5. The van der Waals surface area contributed by atoms with Gasteiger partial charge in [-0.05, 0) is 48.6 Å². The van der Waals surface area contributed by atoms with E-state index < -0.39 is 0 Å². The Morgan fingerprint density at radius 2 is 1.85 bits per heavy atom. The van der Waals surface area contributed by atoms with Gasteiger partial charge in [-0.25, -0.2) is 0 Å². The van der Waals surface area contributed by atoms with Gasteiger partial charge in [0.2, 0.25) is 5.91 Å². The Morgan fingerprint density at radius 3 is 2.54 bits per heavy atom. The minimum Gasteiger partial charge on any atom is -0.396 e. The molecule has 1 fully saturated rings. The average molecular weight is 373 g/mol. The summed E-state index contributed by atoms with van der Waals surface area (Å²) in [6, 6.07) is 17.3. The van der Waals surface area contributed by atoms with Gasteiger partial charge in [-0.15, -0.1) is 0 Å². The van der Waals surface area contributed by atoms with Crippen LogP contribution in [0.15, 0.2) is 54.6 Å². The summed E-state index contributed by atoms with van der Waals surface area (Å²) < 4.78 is 0. The number of aliphatic hydroxyl groups is 1. The molecule has 0 aliphatic carbocycles. The first kappa shape index (κ1) is 18.9. The molecular formula is C21H25ClN2O2. The van der Waals surface area contributed by atoms with Crippen LogP contribution >= 0.6 is 11.6 Å². The molecule has 138 valence electrons. The minimum absolute atomic E-state index is 0.00704. The van der Waals surface area contributed by atoms with Crippen molar-refractivity contribution in [3.63, 3.8) is 0 Å². The second-order valence-corrected chi connectivity index (χ2v) is 7.33. The molecule has 1 heterocycles. The molecule has 5 heteroatoms. The number of carbonyl (C=O) groups is 1. The highest BCUT2D eigenvalue weighted by molar-refractivity contribution is 6.30. The van der Waals surface area contributed by atoms with Gasteiger partial charge >= 0.3 is 0 Å². The molecule has 26 heavy (non-hydrogen) atoms. The quantitative estimate of drug-likeness (QED) is 0.818. The highest BCUT2D eigenvalue weighted by Crippen LogP contribution is 2.24. The number of halogens is 1. The van der Waals surface area contributed by atoms with Crippen LogP contribution in [0.4, 0.5) is 0 Å². The fourth-order valence-electron chi connectivity index (χ4n) is 3.51. The Morgan fingerprint density at radius 1 is 1.15 bits per heavy atom. The fraction of sp³-hybridized carbons (Fsp3) is 0.381. The lowest BCUT2D eigenvalue weighted by Crippen LogP contribution is -2.44. The van der Waals surface area contributed by atoms with E-state index in [4.69, 9.17) is 11.6 Å². The van der Waals surface area contributed by atoms with Crippen LogP contribution in [0.5, 0.6) is 0 Å². The summed E-state index contributed by atoms with van der Waals surface area (Å²) in [5.41, 5.74) is 2.04. The Bertz CT molecular complexity index is 706. The van der Waals surface area contributed by atoms with Crippen molar-refractivity contribution < 1.29 is 9.90 Å². The van der Waals surface area contributed by atoms with E-state index in [9.17, 15) is 9.90 Å². The lowest BCUT2D eigenvalue weighted by molar-refractivity contribution is -0.123. The van der Waals surface area contributed by atoms with E-state index in [0.717, 1.165) is 37.1 Å². The van der Waals surface area contributed by atoms with Crippen LogP contribution < -0.4 is 5.32 Å².